The van der Waals surface area contributed by atoms with Crippen molar-refractivity contribution in [3.63, 3.8) is 0 Å². The Hall–Kier alpha value is -2.37. The lowest BCUT2D eigenvalue weighted by Gasteiger charge is -2.57. The molecule has 4 fully saturated rings. The van der Waals surface area contributed by atoms with Gasteiger partial charge in [-0.05, 0) is 87.5 Å². The van der Waals surface area contributed by atoms with Gasteiger partial charge in [0.15, 0.2) is 12.7 Å². The largest absolute Gasteiger partial charge is 0.482 e. The predicted octanol–water partition coefficient (Wildman–Crippen LogP) is 2.89. The first-order valence-corrected chi connectivity index (χ1v) is 10.1. The van der Waals surface area contributed by atoms with Crippen molar-refractivity contribution in [2.24, 2.45) is 17.8 Å². The third-order valence-corrected chi connectivity index (χ3v) is 6.48. The average molecular weight is 385 g/mol. The maximum atomic E-state index is 12.6. The number of ether oxygens (including phenoxy) is 2. The van der Waals surface area contributed by atoms with Crippen LogP contribution in [0.25, 0.3) is 0 Å². The van der Waals surface area contributed by atoms with Crippen LogP contribution < -0.4 is 10.1 Å². The minimum Gasteiger partial charge on any atom is -0.482 e. The first kappa shape index (κ1) is 19.0. The van der Waals surface area contributed by atoms with E-state index < -0.39 is 12.1 Å². The van der Waals surface area contributed by atoms with E-state index in [2.05, 4.69) is 5.32 Å². The number of esters is 1. The Kier molecular flexibility index (Phi) is 5.13. The molecule has 1 aromatic carbocycles. The fourth-order valence-corrected chi connectivity index (χ4v) is 5.70. The molecule has 0 saturated heterocycles. The molecule has 1 amide bonds. The van der Waals surface area contributed by atoms with E-state index in [1.807, 2.05) is 0 Å². The summed E-state index contributed by atoms with van der Waals surface area (Å²) < 4.78 is 10.6. The molecule has 4 saturated carbocycles. The standard InChI is InChI=1S/C22H27NO5/c1-14(28-20(25)13-27-19-4-2-15(12-24)3-5-19)21(26)23-22-9-16-6-17(10-22)8-18(7-16)11-22/h2-5,12,14,16-18H,6-11,13H2,1H3,(H,23,26)/t14-,16?,17?,18?,22?/m0/s1. The second-order valence-corrected chi connectivity index (χ2v) is 8.79. The van der Waals surface area contributed by atoms with Crippen molar-refractivity contribution in [1.29, 1.82) is 0 Å². The molecule has 6 nitrogen and oxygen atoms in total. The van der Waals surface area contributed by atoms with Crippen LogP contribution in [-0.2, 0) is 14.3 Å². The van der Waals surface area contributed by atoms with Gasteiger partial charge in [0.05, 0.1) is 0 Å². The zero-order valence-corrected chi connectivity index (χ0v) is 16.2. The zero-order chi connectivity index (χ0) is 19.7. The van der Waals surface area contributed by atoms with Gasteiger partial charge in [0, 0.05) is 11.1 Å². The van der Waals surface area contributed by atoms with Crippen LogP contribution in [-0.4, -0.2) is 36.4 Å². The Bertz CT molecular complexity index is 721. The van der Waals surface area contributed by atoms with Crippen molar-refractivity contribution in [3.05, 3.63) is 29.8 Å². The Balaban J connectivity index is 1.26. The Morgan fingerprint density at radius 3 is 2.21 bits per heavy atom. The van der Waals surface area contributed by atoms with Gasteiger partial charge in [0.2, 0.25) is 0 Å². The number of amides is 1. The number of hydrogen-bond donors (Lipinski definition) is 1. The molecule has 1 atom stereocenters. The highest BCUT2D eigenvalue weighted by Crippen LogP contribution is 2.55. The molecule has 4 aliphatic rings. The van der Waals surface area contributed by atoms with Gasteiger partial charge in [-0.3, -0.25) is 9.59 Å². The van der Waals surface area contributed by atoms with E-state index in [0.717, 1.165) is 43.3 Å². The van der Waals surface area contributed by atoms with Gasteiger partial charge < -0.3 is 14.8 Å². The molecular formula is C22H27NO5. The van der Waals surface area contributed by atoms with Crippen LogP contribution in [0.1, 0.15) is 55.8 Å². The molecule has 4 aliphatic carbocycles. The van der Waals surface area contributed by atoms with Crippen LogP contribution in [0.4, 0.5) is 0 Å². The molecule has 5 rings (SSSR count). The number of aldehydes is 1. The number of benzene rings is 1. The molecule has 6 heteroatoms. The van der Waals surface area contributed by atoms with Gasteiger partial charge in [0.1, 0.15) is 12.0 Å². The number of carbonyl (C=O) groups excluding carboxylic acids is 3. The molecular weight excluding hydrogens is 358 g/mol. The van der Waals surface area contributed by atoms with E-state index in [4.69, 9.17) is 9.47 Å². The fourth-order valence-electron chi connectivity index (χ4n) is 5.70. The van der Waals surface area contributed by atoms with E-state index in [1.165, 1.54) is 19.3 Å². The summed E-state index contributed by atoms with van der Waals surface area (Å²) in [6, 6.07) is 6.44. The first-order chi connectivity index (χ1) is 13.4. The van der Waals surface area contributed by atoms with Gasteiger partial charge in [0.25, 0.3) is 5.91 Å². The summed E-state index contributed by atoms with van der Waals surface area (Å²) >= 11 is 0. The summed E-state index contributed by atoms with van der Waals surface area (Å²) in [5.74, 6) is 1.88. The van der Waals surface area contributed by atoms with Crippen molar-refractivity contribution in [3.8, 4) is 5.75 Å². The van der Waals surface area contributed by atoms with Gasteiger partial charge in [-0.2, -0.15) is 0 Å². The van der Waals surface area contributed by atoms with E-state index in [0.29, 0.717) is 11.3 Å². The molecule has 1 N–H and O–H groups in total. The van der Waals surface area contributed by atoms with Crippen molar-refractivity contribution in [2.75, 3.05) is 6.61 Å². The molecule has 0 aromatic heterocycles. The van der Waals surface area contributed by atoms with Crippen LogP contribution in [0, 0.1) is 17.8 Å². The Morgan fingerprint density at radius 2 is 1.68 bits per heavy atom. The van der Waals surface area contributed by atoms with Crippen LogP contribution in [0.5, 0.6) is 5.75 Å². The monoisotopic (exact) mass is 385 g/mol. The van der Waals surface area contributed by atoms with E-state index in [9.17, 15) is 14.4 Å². The predicted molar refractivity (Wildman–Crippen MR) is 102 cm³/mol. The summed E-state index contributed by atoms with van der Waals surface area (Å²) in [6.45, 7) is 1.32. The molecule has 0 radical (unpaired) electrons. The van der Waals surface area contributed by atoms with Crippen molar-refractivity contribution < 1.29 is 23.9 Å². The smallest absolute Gasteiger partial charge is 0.344 e. The lowest BCUT2D eigenvalue weighted by molar-refractivity contribution is -0.158. The minimum absolute atomic E-state index is 0.0939. The zero-order valence-electron chi connectivity index (χ0n) is 16.2. The second kappa shape index (κ2) is 7.57. The van der Waals surface area contributed by atoms with Crippen LogP contribution in [0.15, 0.2) is 24.3 Å². The van der Waals surface area contributed by atoms with E-state index in [-0.39, 0.29) is 18.1 Å². The molecule has 150 valence electrons. The maximum absolute atomic E-state index is 12.6. The third-order valence-electron chi connectivity index (χ3n) is 6.48. The summed E-state index contributed by atoms with van der Waals surface area (Å²) in [4.78, 5) is 35.3. The normalized spacial score (nSPS) is 31.1. The molecule has 0 spiro atoms. The van der Waals surface area contributed by atoms with Crippen LogP contribution >= 0.6 is 0 Å². The van der Waals surface area contributed by atoms with Crippen LogP contribution in [0.2, 0.25) is 0 Å². The van der Waals surface area contributed by atoms with Gasteiger partial charge in [-0.15, -0.1) is 0 Å². The summed E-state index contributed by atoms with van der Waals surface area (Å²) in [7, 11) is 0. The van der Waals surface area contributed by atoms with Crippen molar-refractivity contribution >= 4 is 18.2 Å². The maximum Gasteiger partial charge on any atom is 0.344 e. The quantitative estimate of drug-likeness (QED) is 0.576. The van der Waals surface area contributed by atoms with E-state index in [1.54, 1.807) is 31.2 Å². The van der Waals surface area contributed by atoms with Crippen molar-refractivity contribution in [1.82, 2.24) is 5.32 Å². The lowest BCUT2D eigenvalue weighted by atomic mass is 9.53. The summed E-state index contributed by atoms with van der Waals surface area (Å²) in [5, 5.41) is 3.23. The van der Waals surface area contributed by atoms with Crippen molar-refractivity contribution in [2.45, 2.75) is 57.1 Å². The van der Waals surface area contributed by atoms with E-state index >= 15 is 0 Å². The van der Waals surface area contributed by atoms with Gasteiger partial charge in [-0.1, -0.05) is 0 Å². The van der Waals surface area contributed by atoms with Gasteiger partial charge >= 0.3 is 5.97 Å². The second-order valence-electron chi connectivity index (χ2n) is 8.79. The molecule has 0 unspecified atom stereocenters. The fraction of sp³-hybridized carbons (Fsp3) is 0.591. The summed E-state index contributed by atoms with van der Waals surface area (Å²) in [5.41, 5.74) is 0.438. The molecule has 4 bridgehead atoms. The first-order valence-electron chi connectivity index (χ1n) is 10.1. The number of nitrogens with one attached hydrogen (secondary N) is 1. The highest BCUT2D eigenvalue weighted by atomic mass is 16.6. The molecule has 28 heavy (non-hydrogen) atoms. The number of hydrogen-bond acceptors (Lipinski definition) is 5. The number of carbonyl (C=O) groups is 3. The molecule has 0 aliphatic heterocycles. The Labute approximate surface area is 165 Å². The lowest BCUT2D eigenvalue weighted by Crippen LogP contribution is -2.61. The topological polar surface area (TPSA) is 81.7 Å². The van der Waals surface area contributed by atoms with Crippen LogP contribution in [0.3, 0.4) is 0 Å². The third kappa shape index (κ3) is 4.05. The van der Waals surface area contributed by atoms with Gasteiger partial charge in [-0.25, -0.2) is 4.79 Å². The highest BCUT2D eigenvalue weighted by Gasteiger charge is 2.51. The minimum atomic E-state index is -0.846. The molecule has 0 heterocycles. The average Bonchev–Trinajstić information content (AvgIpc) is 2.65. The Morgan fingerprint density at radius 1 is 1.11 bits per heavy atom. The summed E-state index contributed by atoms with van der Waals surface area (Å²) in [6.07, 6.45) is 7.01. The molecule has 1 aromatic rings. The SMILES string of the molecule is C[C@H](OC(=O)COc1ccc(C=O)cc1)C(=O)NC12CC3CC(CC(C3)C1)C2. The highest BCUT2D eigenvalue weighted by molar-refractivity contribution is 5.84. The number of rotatable bonds is 7.